The third kappa shape index (κ3) is 2.20. The van der Waals surface area contributed by atoms with Crippen molar-refractivity contribution in [3.05, 3.63) is 36.0 Å². The molecule has 3 rings (SSSR count). The molecule has 0 bridgehead atoms. The predicted molar refractivity (Wildman–Crippen MR) is 80.9 cm³/mol. The summed E-state index contributed by atoms with van der Waals surface area (Å²) in [5, 5.41) is 1.13. The molecule has 1 amide bonds. The third-order valence-electron chi connectivity index (χ3n) is 4.28. The molecule has 1 saturated heterocycles. The van der Waals surface area contributed by atoms with Crippen LogP contribution in [0.5, 0.6) is 0 Å². The first-order valence-electron chi connectivity index (χ1n) is 7.27. The van der Waals surface area contributed by atoms with Crippen LogP contribution in [0, 0.1) is 0 Å². The first-order valence-corrected chi connectivity index (χ1v) is 7.27. The van der Waals surface area contributed by atoms with Gasteiger partial charge in [0.25, 0.3) is 5.91 Å². The normalized spacial score (nSPS) is 16.8. The van der Waals surface area contributed by atoms with E-state index in [4.69, 9.17) is 0 Å². The van der Waals surface area contributed by atoms with Crippen molar-refractivity contribution in [3.8, 4) is 0 Å². The fourth-order valence-corrected chi connectivity index (χ4v) is 2.92. The molecule has 0 unspecified atom stereocenters. The van der Waals surface area contributed by atoms with Crippen molar-refractivity contribution >= 4 is 16.8 Å². The zero-order chi connectivity index (χ0) is 14.1. The van der Waals surface area contributed by atoms with E-state index in [1.807, 2.05) is 34.7 Å². The molecule has 20 heavy (non-hydrogen) atoms. The molecule has 0 saturated carbocycles. The van der Waals surface area contributed by atoms with E-state index >= 15 is 0 Å². The Morgan fingerprint density at radius 2 is 1.85 bits per heavy atom. The lowest BCUT2D eigenvalue weighted by atomic mass is 10.2. The summed E-state index contributed by atoms with van der Waals surface area (Å²) in [6, 6.07) is 10.1. The number of carbonyl (C=O) groups is 1. The second-order valence-electron chi connectivity index (χ2n) is 5.37. The quantitative estimate of drug-likeness (QED) is 0.835. The second-order valence-corrected chi connectivity index (χ2v) is 5.37. The van der Waals surface area contributed by atoms with Gasteiger partial charge in [0.05, 0.1) is 0 Å². The lowest BCUT2D eigenvalue weighted by Gasteiger charge is -2.34. The van der Waals surface area contributed by atoms with Crippen LogP contribution in [0.25, 0.3) is 10.9 Å². The molecule has 0 atom stereocenters. The van der Waals surface area contributed by atoms with Crippen molar-refractivity contribution in [2.45, 2.75) is 6.92 Å². The summed E-state index contributed by atoms with van der Waals surface area (Å²) >= 11 is 0. The summed E-state index contributed by atoms with van der Waals surface area (Å²) in [6.45, 7) is 6.85. The Bertz CT molecular complexity index is 624. The van der Waals surface area contributed by atoms with E-state index in [-0.39, 0.29) is 5.91 Å². The van der Waals surface area contributed by atoms with Crippen molar-refractivity contribution in [3.63, 3.8) is 0 Å². The van der Waals surface area contributed by atoms with Crippen molar-refractivity contribution < 1.29 is 4.79 Å². The second kappa shape index (κ2) is 5.29. The minimum atomic E-state index is 0.152. The van der Waals surface area contributed by atoms with E-state index in [0.717, 1.165) is 49.3 Å². The number of para-hydroxylation sites is 1. The van der Waals surface area contributed by atoms with Gasteiger partial charge in [-0.15, -0.1) is 0 Å². The maximum absolute atomic E-state index is 12.7. The largest absolute Gasteiger partial charge is 0.340 e. The number of carbonyl (C=O) groups excluding carboxylic acids is 1. The Balaban J connectivity index is 1.84. The van der Waals surface area contributed by atoms with E-state index in [9.17, 15) is 4.79 Å². The monoisotopic (exact) mass is 271 g/mol. The molecule has 4 nitrogen and oxygen atoms in total. The minimum absolute atomic E-state index is 0.152. The number of likely N-dealkylation sites (N-methyl/N-ethyl adjacent to an activating group) is 1. The minimum Gasteiger partial charge on any atom is -0.340 e. The number of amides is 1. The number of hydrogen-bond donors (Lipinski definition) is 0. The van der Waals surface area contributed by atoms with E-state index in [0.29, 0.717) is 0 Å². The molecule has 1 aromatic heterocycles. The Morgan fingerprint density at radius 1 is 1.15 bits per heavy atom. The Morgan fingerprint density at radius 3 is 2.50 bits per heavy atom. The van der Waals surface area contributed by atoms with Gasteiger partial charge in [0.1, 0.15) is 5.69 Å². The van der Waals surface area contributed by atoms with Gasteiger partial charge in [-0.25, -0.2) is 0 Å². The molecular weight excluding hydrogens is 250 g/mol. The van der Waals surface area contributed by atoms with E-state index in [2.05, 4.69) is 24.0 Å². The molecule has 0 aliphatic carbocycles. The smallest absolute Gasteiger partial charge is 0.270 e. The number of benzene rings is 1. The molecule has 0 radical (unpaired) electrons. The van der Waals surface area contributed by atoms with Gasteiger partial charge in [0.15, 0.2) is 0 Å². The number of rotatable bonds is 2. The van der Waals surface area contributed by atoms with E-state index < -0.39 is 0 Å². The molecule has 0 spiro atoms. The molecule has 2 heterocycles. The topological polar surface area (TPSA) is 28.5 Å². The molecule has 1 fully saturated rings. The van der Waals surface area contributed by atoms with Crippen LogP contribution in [-0.4, -0.2) is 53.0 Å². The van der Waals surface area contributed by atoms with Crippen LogP contribution in [0.3, 0.4) is 0 Å². The molecule has 1 aromatic carbocycles. The van der Waals surface area contributed by atoms with E-state index in [1.165, 1.54) is 0 Å². The first kappa shape index (κ1) is 13.2. The Hall–Kier alpha value is -1.81. The predicted octanol–water partition coefficient (Wildman–Crippen LogP) is 1.96. The molecule has 1 aliphatic heterocycles. The molecular formula is C16H21N3O. The van der Waals surface area contributed by atoms with Gasteiger partial charge in [-0.05, 0) is 18.7 Å². The standard InChI is InChI=1S/C16H21N3O/c1-3-18-8-10-19(11-9-18)16(20)15-12-13-6-4-5-7-14(13)17(15)2/h4-7,12H,3,8-11H2,1-2H3. The average molecular weight is 271 g/mol. The lowest BCUT2D eigenvalue weighted by molar-refractivity contribution is 0.0634. The van der Waals surface area contributed by atoms with Gasteiger partial charge in [0, 0.05) is 44.1 Å². The van der Waals surface area contributed by atoms with Gasteiger partial charge in [-0.1, -0.05) is 25.1 Å². The zero-order valence-corrected chi connectivity index (χ0v) is 12.2. The summed E-state index contributed by atoms with van der Waals surface area (Å²) in [4.78, 5) is 17.0. The highest BCUT2D eigenvalue weighted by Crippen LogP contribution is 2.20. The highest BCUT2D eigenvalue weighted by molar-refractivity contribution is 5.98. The Kier molecular flexibility index (Phi) is 3.49. The maximum Gasteiger partial charge on any atom is 0.270 e. The average Bonchev–Trinajstić information content (AvgIpc) is 2.84. The summed E-state index contributed by atoms with van der Waals surface area (Å²) in [5.41, 5.74) is 1.90. The SMILES string of the molecule is CCN1CCN(C(=O)c2cc3ccccc3n2C)CC1. The first-order chi connectivity index (χ1) is 9.70. The third-order valence-corrected chi connectivity index (χ3v) is 4.28. The highest BCUT2D eigenvalue weighted by atomic mass is 16.2. The highest BCUT2D eigenvalue weighted by Gasteiger charge is 2.23. The van der Waals surface area contributed by atoms with Gasteiger partial charge in [-0.2, -0.15) is 0 Å². The molecule has 4 heteroatoms. The van der Waals surface area contributed by atoms with Crippen molar-refractivity contribution in [1.82, 2.24) is 14.4 Å². The lowest BCUT2D eigenvalue weighted by Crippen LogP contribution is -2.48. The van der Waals surface area contributed by atoms with E-state index in [1.54, 1.807) is 0 Å². The number of hydrogen-bond acceptors (Lipinski definition) is 2. The molecule has 106 valence electrons. The van der Waals surface area contributed by atoms with Crippen LogP contribution in [0.2, 0.25) is 0 Å². The van der Waals surface area contributed by atoms with Crippen molar-refractivity contribution in [2.75, 3.05) is 32.7 Å². The fourth-order valence-electron chi connectivity index (χ4n) is 2.92. The van der Waals surface area contributed by atoms with Gasteiger partial charge in [0.2, 0.25) is 0 Å². The van der Waals surface area contributed by atoms with Crippen molar-refractivity contribution in [1.29, 1.82) is 0 Å². The number of aryl methyl sites for hydroxylation is 1. The molecule has 2 aromatic rings. The van der Waals surface area contributed by atoms with Crippen molar-refractivity contribution in [2.24, 2.45) is 7.05 Å². The van der Waals surface area contributed by atoms with Crippen LogP contribution in [0.4, 0.5) is 0 Å². The number of aromatic nitrogens is 1. The number of piperazine rings is 1. The van der Waals surface area contributed by atoms with Crippen LogP contribution < -0.4 is 0 Å². The summed E-state index contributed by atoms with van der Waals surface area (Å²) in [7, 11) is 1.97. The number of fused-ring (bicyclic) bond motifs is 1. The molecule has 1 aliphatic rings. The summed E-state index contributed by atoms with van der Waals surface area (Å²) in [6.07, 6.45) is 0. The Labute approximate surface area is 119 Å². The zero-order valence-electron chi connectivity index (χ0n) is 12.2. The van der Waals surface area contributed by atoms with Gasteiger partial charge < -0.3 is 14.4 Å². The number of nitrogens with zero attached hydrogens (tertiary/aromatic N) is 3. The van der Waals surface area contributed by atoms with Crippen LogP contribution in [0.15, 0.2) is 30.3 Å². The van der Waals surface area contributed by atoms with Crippen LogP contribution in [0.1, 0.15) is 17.4 Å². The summed E-state index contributed by atoms with van der Waals surface area (Å²) < 4.78 is 2.00. The van der Waals surface area contributed by atoms with Crippen LogP contribution >= 0.6 is 0 Å². The van der Waals surface area contributed by atoms with Crippen LogP contribution in [-0.2, 0) is 7.05 Å². The summed E-state index contributed by atoms with van der Waals surface area (Å²) in [5.74, 6) is 0.152. The fraction of sp³-hybridized carbons (Fsp3) is 0.438. The van der Waals surface area contributed by atoms with Gasteiger partial charge >= 0.3 is 0 Å². The maximum atomic E-state index is 12.7. The molecule has 0 N–H and O–H groups in total. The van der Waals surface area contributed by atoms with Gasteiger partial charge in [-0.3, -0.25) is 4.79 Å².